The number of carbonyl (C=O) groups is 2. The second-order valence-corrected chi connectivity index (χ2v) is 5.26. The zero-order valence-electron chi connectivity index (χ0n) is 12.9. The lowest BCUT2D eigenvalue weighted by atomic mass is 10.2. The second-order valence-electron chi connectivity index (χ2n) is 5.26. The number of nitrogens with zero attached hydrogens (tertiary/aromatic N) is 2. The van der Waals surface area contributed by atoms with Crippen molar-refractivity contribution in [3.05, 3.63) is 77.6 Å². The molecule has 0 unspecified atom stereocenters. The molecule has 1 amide bonds. The average molecular weight is 321 g/mol. The Bertz CT molecular complexity index is 901. The highest BCUT2D eigenvalue weighted by molar-refractivity contribution is 6.03. The highest BCUT2D eigenvalue weighted by Crippen LogP contribution is 2.15. The van der Waals surface area contributed by atoms with E-state index in [0.717, 1.165) is 11.4 Å². The van der Waals surface area contributed by atoms with Crippen LogP contribution in [-0.4, -0.2) is 26.8 Å². The summed E-state index contributed by atoms with van der Waals surface area (Å²) in [6.45, 7) is 1.86. The van der Waals surface area contributed by atoms with Crippen LogP contribution in [-0.2, 0) is 0 Å². The molecule has 0 saturated heterocycles. The third-order valence-electron chi connectivity index (χ3n) is 3.49. The Hall–Kier alpha value is -3.41. The number of aromatic carboxylic acids is 1. The van der Waals surface area contributed by atoms with Gasteiger partial charge in [0.2, 0.25) is 0 Å². The molecule has 1 aromatic heterocycles. The first kappa shape index (κ1) is 15.5. The van der Waals surface area contributed by atoms with Crippen LogP contribution in [0.2, 0.25) is 0 Å². The van der Waals surface area contributed by atoms with Gasteiger partial charge in [-0.1, -0.05) is 24.3 Å². The number of benzene rings is 2. The summed E-state index contributed by atoms with van der Waals surface area (Å²) in [6.07, 6.45) is 0. The quantitative estimate of drug-likeness (QED) is 0.773. The molecule has 0 fully saturated rings. The number of aryl methyl sites for hydroxylation is 1. The highest BCUT2D eigenvalue weighted by atomic mass is 16.4. The molecule has 6 nitrogen and oxygen atoms in total. The van der Waals surface area contributed by atoms with E-state index in [1.165, 1.54) is 12.1 Å². The van der Waals surface area contributed by atoms with Gasteiger partial charge in [0.1, 0.15) is 0 Å². The zero-order chi connectivity index (χ0) is 17.1. The first-order valence-corrected chi connectivity index (χ1v) is 7.31. The molecule has 0 aliphatic rings. The van der Waals surface area contributed by atoms with Crippen molar-refractivity contribution in [2.24, 2.45) is 0 Å². The van der Waals surface area contributed by atoms with Gasteiger partial charge in [0, 0.05) is 11.4 Å². The van der Waals surface area contributed by atoms with Gasteiger partial charge in [0.15, 0.2) is 5.69 Å². The van der Waals surface area contributed by atoms with Crippen LogP contribution in [0.15, 0.2) is 60.7 Å². The van der Waals surface area contributed by atoms with Crippen LogP contribution in [0.25, 0.3) is 5.69 Å². The predicted molar refractivity (Wildman–Crippen MR) is 89.7 cm³/mol. The minimum absolute atomic E-state index is 0.110. The summed E-state index contributed by atoms with van der Waals surface area (Å²) in [7, 11) is 0. The number of carbonyl (C=O) groups excluding carboxylic acids is 1. The van der Waals surface area contributed by atoms with Crippen LogP contribution in [0.3, 0.4) is 0 Å². The summed E-state index contributed by atoms with van der Waals surface area (Å²) in [5, 5.41) is 16.0. The Kier molecular flexibility index (Phi) is 4.11. The van der Waals surface area contributed by atoms with Crippen molar-refractivity contribution < 1.29 is 14.7 Å². The maximum absolute atomic E-state index is 12.4. The van der Waals surface area contributed by atoms with Gasteiger partial charge >= 0.3 is 5.97 Å². The van der Waals surface area contributed by atoms with E-state index in [1.807, 2.05) is 37.3 Å². The van der Waals surface area contributed by atoms with Crippen LogP contribution in [0.1, 0.15) is 26.5 Å². The smallest absolute Gasteiger partial charge is 0.335 e. The van der Waals surface area contributed by atoms with Crippen LogP contribution in [0.4, 0.5) is 5.69 Å². The largest absolute Gasteiger partial charge is 0.478 e. The van der Waals surface area contributed by atoms with Crippen LogP contribution < -0.4 is 5.32 Å². The molecule has 3 rings (SSSR count). The number of hydrogen-bond acceptors (Lipinski definition) is 3. The van der Waals surface area contributed by atoms with Crippen molar-refractivity contribution >= 4 is 17.6 Å². The van der Waals surface area contributed by atoms with Gasteiger partial charge in [-0.15, -0.1) is 0 Å². The Morgan fingerprint density at radius 2 is 1.79 bits per heavy atom. The molecule has 0 saturated carbocycles. The van der Waals surface area contributed by atoms with Gasteiger partial charge in [-0.3, -0.25) is 4.79 Å². The van der Waals surface area contributed by atoms with Crippen molar-refractivity contribution in [1.29, 1.82) is 0 Å². The first-order chi connectivity index (χ1) is 11.5. The van der Waals surface area contributed by atoms with Crippen molar-refractivity contribution in [3.8, 4) is 5.69 Å². The van der Waals surface area contributed by atoms with Crippen molar-refractivity contribution in [2.75, 3.05) is 5.32 Å². The lowest BCUT2D eigenvalue weighted by Crippen LogP contribution is -2.13. The Morgan fingerprint density at radius 3 is 2.50 bits per heavy atom. The molecule has 0 spiro atoms. The molecule has 1 heterocycles. The molecule has 6 heteroatoms. The number of para-hydroxylation sites is 1. The Balaban J connectivity index is 1.84. The molecular formula is C18H15N3O3. The zero-order valence-corrected chi connectivity index (χ0v) is 12.9. The van der Waals surface area contributed by atoms with E-state index in [-0.39, 0.29) is 11.3 Å². The number of nitrogens with one attached hydrogen (secondary N) is 1. The maximum atomic E-state index is 12.4. The van der Waals surface area contributed by atoms with E-state index in [0.29, 0.717) is 5.69 Å². The number of carboxylic acid groups (broad SMARTS) is 1. The summed E-state index contributed by atoms with van der Waals surface area (Å²) in [5.74, 6) is -1.44. The van der Waals surface area contributed by atoms with Crippen LogP contribution in [0.5, 0.6) is 0 Å². The molecule has 2 aromatic carbocycles. The van der Waals surface area contributed by atoms with Crippen molar-refractivity contribution in [1.82, 2.24) is 9.78 Å². The van der Waals surface area contributed by atoms with E-state index in [1.54, 1.807) is 22.9 Å². The normalized spacial score (nSPS) is 10.4. The standard InChI is InChI=1S/C18H15N3O3/c1-12-10-16(20-21(12)15-8-3-2-4-9-15)17(22)19-14-7-5-6-13(11-14)18(23)24/h2-11H,1H3,(H,19,22)(H,23,24). The first-order valence-electron chi connectivity index (χ1n) is 7.31. The van der Waals surface area contributed by atoms with Gasteiger partial charge in [0.05, 0.1) is 11.3 Å². The topological polar surface area (TPSA) is 84.2 Å². The number of aromatic nitrogens is 2. The molecule has 0 aliphatic carbocycles. The third-order valence-corrected chi connectivity index (χ3v) is 3.49. The molecule has 0 radical (unpaired) electrons. The summed E-state index contributed by atoms with van der Waals surface area (Å²) in [5.41, 5.74) is 2.47. The Morgan fingerprint density at radius 1 is 1.04 bits per heavy atom. The third kappa shape index (κ3) is 3.17. The summed E-state index contributed by atoms with van der Waals surface area (Å²) in [4.78, 5) is 23.3. The molecule has 2 N–H and O–H groups in total. The molecule has 0 atom stereocenters. The van der Waals surface area contributed by atoms with E-state index in [4.69, 9.17) is 5.11 Å². The van der Waals surface area contributed by atoms with Gasteiger partial charge in [0.25, 0.3) is 5.91 Å². The fraction of sp³-hybridized carbons (Fsp3) is 0.0556. The maximum Gasteiger partial charge on any atom is 0.335 e. The van der Waals surface area contributed by atoms with E-state index < -0.39 is 11.9 Å². The van der Waals surface area contributed by atoms with Gasteiger partial charge < -0.3 is 10.4 Å². The molecule has 0 aliphatic heterocycles. The van der Waals surface area contributed by atoms with Crippen LogP contribution in [0, 0.1) is 6.92 Å². The SMILES string of the molecule is Cc1cc(C(=O)Nc2cccc(C(=O)O)c2)nn1-c1ccccc1. The van der Waals surface area contributed by atoms with Crippen LogP contribution >= 0.6 is 0 Å². The molecular weight excluding hydrogens is 306 g/mol. The van der Waals surface area contributed by atoms with Gasteiger partial charge in [-0.25, -0.2) is 9.48 Å². The monoisotopic (exact) mass is 321 g/mol. The predicted octanol–water partition coefficient (Wildman–Crippen LogP) is 3.13. The molecule has 0 bridgehead atoms. The average Bonchev–Trinajstić information content (AvgIpc) is 2.98. The Labute approximate surface area is 138 Å². The van der Waals surface area contributed by atoms with Crippen molar-refractivity contribution in [2.45, 2.75) is 6.92 Å². The van der Waals surface area contributed by atoms with E-state index >= 15 is 0 Å². The number of hydrogen-bond donors (Lipinski definition) is 2. The van der Waals surface area contributed by atoms with Gasteiger partial charge in [-0.05, 0) is 43.3 Å². The number of carboxylic acids is 1. The summed E-state index contributed by atoms with van der Waals surface area (Å²) < 4.78 is 1.68. The van der Waals surface area contributed by atoms with E-state index in [9.17, 15) is 9.59 Å². The highest BCUT2D eigenvalue weighted by Gasteiger charge is 2.14. The molecule has 3 aromatic rings. The fourth-order valence-corrected chi connectivity index (χ4v) is 2.34. The molecule has 24 heavy (non-hydrogen) atoms. The van der Waals surface area contributed by atoms with Gasteiger partial charge in [-0.2, -0.15) is 5.10 Å². The van der Waals surface area contributed by atoms with E-state index in [2.05, 4.69) is 10.4 Å². The lowest BCUT2D eigenvalue weighted by molar-refractivity contribution is 0.0696. The minimum atomic E-state index is -1.05. The number of amides is 1. The lowest BCUT2D eigenvalue weighted by Gasteiger charge is -2.04. The van der Waals surface area contributed by atoms with Crippen molar-refractivity contribution in [3.63, 3.8) is 0 Å². The number of rotatable bonds is 4. The molecule has 120 valence electrons. The number of anilines is 1. The summed E-state index contributed by atoms with van der Waals surface area (Å²) >= 11 is 0. The summed E-state index contributed by atoms with van der Waals surface area (Å²) in [6, 6.07) is 17.3. The minimum Gasteiger partial charge on any atom is -0.478 e. The second kappa shape index (κ2) is 6.37. The fourth-order valence-electron chi connectivity index (χ4n) is 2.34.